The van der Waals surface area contributed by atoms with E-state index in [4.69, 9.17) is 0 Å². The van der Waals surface area contributed by atoms with Crippen molar-refractivity contribution in [1.29, 1.82) is 0 Å². The Balaban J connectivity index is 2.57. The Kier molecular flexibility index (Phi) is 4.25. The molecule has 2 rings (SSSR count). The van der Waals surface area contributed by atoms with Gasteiger partial charge in [0.2, 0.25) is 0 Å². The first-order valence-electron chi connectivity index (χ1n) is 6.52. The van der Waals surface area contributed by atoms with E-state index in [1.54, 1.807) is 0 Å². The van der Waals surface area contributed by atoms with Gasteiger partial charge in [0.1, 0.15) is 0 Å². The summed E-state index contributed by atoms with van der Waals surface area (Å²) in [5.41, 5.74) is 3.88. The lowest BCUT2D eigenvalue weighted by Gasteiger charge is -2.16. The summed E-state index contributed by atoms with van der Waals surface area (Å²) >= 11 is 0. The van der Waals surface area contributed by atoms with Crippen LogP contribution in [0.2, 0.25) is 0 Å². The highest BCUT2D eigenvalue weighted by Crippen LogP contribution is 2.31. The van der Waals surface area contributed by atoms with Crippen LogP contribution in [0.4, 0.5) is 17.1 Å². The average Bonchev–Trinajstić information content (AvgIpc) is 2.53. The quantitative estimate of drug-likeness (QED) is 0.730. The molecule has 4 nitrogen and oxygen atoms in total. The van der Waals surface area contributed by atoms with Gasteiger partial charge in [0, 0.05) is 43.8 Å². The number of carbonyl (C=O) groups is 1. The van der Waals surface area contributed by atoms with E-state index in [2.05, 4.69) is 16.0 Å². The van der Waals surface area contributed by atoms with Gasteiger partial charge in [-0.2, -0.15) is 0 Å². The molecule has 0 heterocycles. The van der Waals surface area contributed by atoms with Gasteiger partial charge in [-0.1, -0.05) is 30.3 Å². The fourth-order valence-corrected chi connectivity index (χ4v) is 2.16. The highest BCUT2D eigenvalue weighted by molar-refractivity contribution is 6.16. The first-order chi connectivity index (χ1) is 9.71. The van der Waals surface area contributed by atoms with Crippen LogP contribution in [-0.2, 0) is 0 Å². The van der Waals surface area contributed by atoms with E-state index in [1.165, 1.54) is 0 Å². The summed E-state index contributed by atoms with van der Waals surface area (Å²) in [6.07, 6.45) is 0. The first-order valence-corrected chi connectivity index (χ1v) is 6.52. The summed E-state index contributed by atoms with van der Waals surface area (Å²) in [4.78, 5) is 12.7. The molecule has 0 aliphatic rings. The molecule has 20 heavy (non-hydrogen) atoms. The van der Waals surface area contributed by atoms with Gasteiger partial charge in [-0.3, -0.25) is 4.79 Å². The number of hydrogen-bond donors (Lipinski definition) is 3. The second-order valence-corrected chi connectivity index (χ2v) is 4.39. The maximum absolute atomic E-state index is 12.7. The van der Waals surface area contributed by atoms with Crippen LogP contribution in [0.25, 0.3) is 0 Å². The van der Waals surface area contributed by atoms with Crippen molar-refractivity contribution in [1.82, 2.24) is 0 Å². The van der Waals surface area contributed by atoms with E-state index in [9.17, 15) is 4.79 Å². The molecule has 0 bridgehead atoms. The molecule has 0 saturated heterocycles. The van der Waals surface area contributed by atoms with E-state index >= 15 is 0 Å². The molecule has 2 aromatic carbocycles. The minimum atomic E-state index is 0.00181. The summed E-state index contributed by atoms with van der Waals surface area (Å²) in [5.74, 6) is 0.00181. The van der Waals surface area contributed by atoms with Crippen LogP contribution in [-0.4, -0.2) is 26.9 Å². The third-order valence-corrected chi connectivity index (χ3v) is 3.23. The molecule has 0 radical (unpaired) electrons. The molecule has 0 atom stereocenters. The van der Waals surface area contributed by atoms with Crippen LogP contribution in [0.15, 0.2) is 42.5 Å². The highest BCUT2D eigenvalue weighted by Gasteiger charge is 2.18. The lowest BCUT2D eigenvalue weighted by molar-refractivity contribution is 0.104. The van der Waals surface area contributed by atoms with Crippen LogP contribution in [0, 0.1) is 0 Å². The summed E-state index contributed by atoms with van der Waals surface area (Å²) < 4.78 is 0. The van der Waals surface area contributed by atoms with Crippen LogP contribution in [0.5, 0.6) is 0 Å². The van der Waals surface area contributed by atoms with Crippen molar-refractivity contribution in [3.05, 3.63) is 53.6 Å². The molecule has 0 saturated carbocycles. The lowest BCUT2D eigenvalue weighted by Crippen LogP contribution is -2.10. The van der Waals surface area contributed by atoms with Gasteiger partial charge >= 0.3 is 0 Å². The van der Waals surface area contributed by atoms with Crippen LogP contribution in [0.3, 0.4) is 0 Å². The van der Waals surface area contributed by atoms with Crippen molar-refractivity contribution in [3.8, 4) is 0 Å². The number of carbonyl (C=O) groups excluding carboxylic acids is 1. The lowest BCUT2D eigenvalue weighted by atomic mass is 9.99. The number of ketones is 1. The van der Waals surface area contributed by atoms with Crippen LogP contribution < -0.4 is 16.0 Å². The molecule has 2 aromatic rings. The molecular formula is C16H19N3O. The van der Waals surface area contributed by atoms with Gasteiger partial charge < -0.3 is 16.0 Å². The minimum absolute atomic E-state index is 0.00181. The van der Waals surface area contributed by atoms with Crippen molar-refractivity contribution in [2.75, 3.05) is 37.1 Å². The SMILES string of the molecule is CNc1cc(NC)c(C(=O)c2ccccc2)c(NC)c1. The molecule has 0 amide bonds. The smallest absolute Gasteiger partial charge is 0.197 e. The molecular weight excluding hydrogens is 250 g/mol. The predicted octanol–water partition coefficient (Wildman–Crippen LogP) is 3.04. The summed E-state index contributed by atoms with van der Waals surface area (Å²) in [6, 6.07) is 13.1. The Bertz CT molecular complexity index is 583. The zero-order chi connectivity index (χ0) is 14.5. The van der Waals surface area contributed by atoms with Crippen molar-refractivity contribution in [3.63, 3.8) is 0 Å². The van der Waals surface area contributed by atoms with E-state index < -0.39 is 0 Å². The van der Waals surface area contributed by atoms with Gasteiger partial charge in [-0.05, 0) is 12.1 Å². The second kappa shape index (κ2) is 6.10. The van der Waals surface area contributed by atoms with E-state index in [-0.39, 0.29) is 5.78 Å². The fraction of sp³-hybridized carbons (Fsp3) is 0.188. The Morgan fingerprint density at radius 1 is 0.850 bits per heavy atom. The predicted molar refractivity (Wildman–Crippen MR) is 85.0 cm³/mol. The molecule has 0 aliphatic heterocycles. The zero-order valence-electron chi connectivity index (χ0n) is 11.9. The average molecular weight is 269 g/mol. The molecule has 0 spiro atoms. The van der Waals surface area contributed by atoms with Crippen LogP contribution >= 0.6 is 0 Å². The minimum Gasteiger partial charge on any atom is -0.388 e. The fourth-order valence-electron chi connectivity index (χ4n) is 2.16. The largest absolute Gasteiger partial charge is 0.388 e. The molecule has 0 unspecified atom stereocenters. The van der Waals surface area contributed by atoms with Gasteiger partial charge in [0.25, 0.3) is 0 Å². The topological polar surface area (TPSA) is 53.2 Å². The van der Waals surface area contributed by atoms with E-state index in [1.807, 2.05) is 63.6 Å². The maximum Gasteiger partial charge on any atom is 0.197 e. The van der Waals surface area contributed by atoms with E-state index in [0.29, 0.717) is 11.1 Å². The molecule has 3 N–H and O–H groups in total. The Labute approximate surface area is 119 Å². The Morgan fingerprint density at radius 2 is 1.40 bits per heavy atom. The molecule has 0 fully saturated rings. The Morgan fingerprint density at radius 3 is 1.85 bits per heavy atom. The van der Waals surface area contributed by atoms with Gasteiger partial charge in [-0.25, -0.2) is 0 Å². The van der Waals surface area contributed by atoms with Crippen LogP contribution in [0.1, 0.15) is 15.9 Å². The Hall–Kier alpha value is -2.49. The standard InChI is InChI=1S/C16H19N3O/c1-17-12-9-13(18-2)15(14(10-12)19-3)16(20)11-7-5-4-6-8-11/h4-10,17-19H,1-3H3. The molecule has 0 aromatic heterocycles. The third kappa shape index (κ3) is 2.59. The number of anilines is 3. The molecule has 4 heteroatoms. The van der Waals surface area contributed by atoms with Crippen molar-refractivity contribution < 1.29 is 4.79 Å². The number of rotatable bonds is 5. The van der Waals surface area contributed by atoms with E-state index in [0.717, 1.165) is 17.1 Å². The number of benzene rings is 2. The first kappa shape index (κ1) is 13.9. The van der Waals surface area contributed by atoms with Crippen molar-refractivity contribution in [2.24, 2.45) is 0 Å². The normalized spacial score (nSPS) is 9.95. The molecule has 104 valence electrons. The van der Waals surface area contributed by atoms with Gasteiger partial charge in [0.15, 0.2) is 5.78 Å². The van der Waals surface area contributed by atoms with Crippen molar-refractivity contribution >= 4 is 22.8 Å². The summed E-state index contributed by atoms with van der Waals surface area (Å²) in [6.45, 7) is 0. The third-order valence-electron chi connectivity index (χ3n) is 3.23. The maximum atomic E-state index is 12.7. The van der Waals surface area contributed by atoms with Gasteiger partial charge in [-0.15, -0.1) is 0 Å². The number of nitrogens with one attached hydrogen (secondary N) is 3. The summed E-state index contributed by atoms with van der Waals surface area (Å²) in [5, 5.41) is 9.28. The number of hydrogen-bond acceptors (Lipinski definition) is 4. The molecule has 0 aliphatic carbocycles. The zero-order valence-corrected chi connectivity index (χ0v) is 11.9. The van der Waals surface area contributed by atoms with Crippen molar-refractivity contribution in [2.45, 2.75) is 0 Å². The highest BCUT2D eigenvalue weighted by atomic mass is 16.1. The second-order valence-electron chi connectivity index (χ2n) is 4.39. The summed E-state index contributed by atoms with van der Waals surface area (Å²) in [7, 11) is 5.48. The monoisotopic (exact) mass is 269 g/mol. The van der Waals surface area contributed by atoms with Gasteiger partial charge in [0.05, 0.1) is 5.56 Å².